The van der Waals surface area contributed by atoms with Crippen LogP contribution in [0.1, 0.15) is 18.4 Å². The van der Waals surface area contributed by atoms with Crippen molar-refractivity contribution in [3.63, 3.8) is 0 Å². The van der Waals surface area contributed by atoms with E-state index in [4.69, 9.17) is 34.8 Å². The molecule has 0 unspecified atom stereocenters. The molecular formula is C20H22Cl3N3O. The molecule has 2 aromatic carbocycles. The third kappa shape index (κ3) is 6.28. The summed E-state index contributed by atoms with van der Waals surface area (Å²) in [4.78, 5) is 14.5. The predicted molar refractivity (Wildman–Crippen MR) is 113 cm³/mol. The Morgan fingerprint density at radius 2 is 1.78 bits per heavy atom. The number of hydrogen-bond acceptors (Lipinski definition) is 2. The minimum atomic E-state index is -0.263. The summed E-state index contributed by atoms with van der Waals surface area (Å²) >= 11 is 18.1. The Bertz CT molecular complexity index is 792. The zero-order valence-corrected chi connectivity index (χ0v) is 17.1. The van der Waals surface area contributed by atoms with Crippen LogP contribution >= 0.6 is 34.8 Å². The lowest BCUT2D eigenvalue weighted by Gasteiger charge is -2.32. The summed E-state index contributed by atoms with van der Waals surface area (Å²) in [6.45, 7) is 3.59. The van der Waals surface area contributed by atoms with Crippen LogP contribution in [0.25, 0.3) is 0 Å². The maximum absolute atomic E-state index is 12.1. The van der Waals surface area contributed by atoms with E-state index in [-0.39, 0.29) is 6.03 Å². The van der Waals surface area contributed by atoms with Crippen molar-refractivity contribution in [2.75, 3.05) is 25.0 Å². The van der Waals surface area contributed by atoms with E-state index in [0.717, 1.165) is 37.5 Å². The second kappa shape index (κ2) is 9.65. The largest absolute Gasteiger partial charge is 0.338 e. The van der Waals surface area contributed by atoms with Gasteiger partial charge in [-0.05, 0) is 67.7 Å². The molecule has 0 bridgehead atoms. The number of likely N-dealkylation sites (tertiary alicyclic amines) is 1. The molecule has 0 atom stereocenters. The molecule has 2 N–H and O–H groups in total. The quantitative estimate of drug-likeness (QED) is 0.646. The van der Waals surface area contributed by atoms with Crippen molar-refractivity contribution in [3.05, 3.63) is 63.1 Å². The summed E-state index contributed by atoms with van der Waals surface area (Å²) in [5, 5.41) is 7.45. The topological polar surface area (TPSA) is 44.4 Å². The first kappa shape index (κ1) is 20.3. The number of rotatable bonds is 5. The van der Waals surface area contributed by atoms with Crippen LogP contribution in [-0.4, -0.2) is 30.6 Å². The van der Waals surface area contributed by atoms with Gasteiger partial charge in [-0.2, -0.15) is 0 Å². The lowest BCUT2D eigenvalue weighted by molar-refractivity contribution is 0.176. The van der Waals surface area contributed by atoms with Crippen LogP contribution < -0.4 is 10.6 Å². The van der Waals surface area contributed by atoms with Crippen molar-refractivity contribution in [1.82, 2.24) is 10.2 Å². The lowest BCUT2D eigenvalue weighted by atomic mass is 9.96. The Hall–Kier alpha value is -1.46. The molecule has 3 rings (SSSR count). The molecule has 0 spiro atoms. The van der Waals surface area contributed by atoms with Gasteiger partial charge in [0.1, 0.15) is 0 Å². The molecular weight excluding hydrogens is 405 g/mol. The van der Waals surface area contributed by atoms with Crippen LogP contribution in [0.4, 0.5) is 10.5 Å². The van der Waals surface area contributed by atoms with E-state index in [1.165, 1.54) is 5.56 Å². The van der Waals surface area contributed by atoms with E-state index in [1.807, 2.05) is 18.2 Å². The standard InChI is InChI=1S/C20H22Cl3N3O/c21-16-3-1-2-15(10-16)13-26-8-6-14(7-9-26)12-24-20(27)25-19-11-17(22)4-5-18(19)23/h1-5,10-11,14H,6-9,12-13H2,(H2,24,25,27). The van der Waals surface area contributed by atoms with E-state index >= 15 is 0 Å². The van der Waals surface area contributed by atoms with E-state index in [2.05, 4.69) is 21.6 Å². The molecule has 1 saturated heterocycles. The van der Waals surface area contributed by atoms with Gasteiger partial charge in [0, 0.05) is 23.1 Å². The number of hydrogen-bond donors (Lipinski definition) is 2. The highest BCUT2D eigenvalue weighted by Crippen LogP contribution is 2.25. The summed E-state index contributed by atoms with van der Waals surface area (Å²) in [6.07, 6.45) is 2.11. The van der Waals surface area contributed by atoms with Gasteiger partial charge in [-0.15, -0.1) is 0 Å². The van der Waals surface area contributed by atoms with Gasteiger partial charge in [-0.3, -0.25) is 4.90 Å². The maximum Gasteiger partial charge on any atom is 0.319 e. The molecule has 27 heavy (non-hydrogen) atoms. The number of amides is 2. The average molecular weight is 427 g/mol. The fourth-order valence-electron chi connectivity index (χ4n) is 3.24. The molecule has 1 aliphatic heterocycles. The smallest absolute Gasteiger partial charge is 0.319 e. The van der Waals surface area contributed by atoms with Crippen molar-refractivity contribution in [2.24, 2.45) is 5.92 Å². The normalized spacial score (nSPS) is 15.5. The number of halogens is 3. The Morgan fingerprint density at radius 1 is 1.04 bits per heavy atom. The number of urea groups is 1. The first-order valence-corrected chi connectivity index (χ1v) is 10.1. The summed E-state index contributed by atoms with van der Waals surface area (Å²) in [5.74, 6) is 0.473. The Morgan fingerprint density at radius 3 is 2.52 bits per heavy atom. The molecule has 2 amide bonds. The zero-order chi connectivity index (χ0) is 19.2. The third-order valence-electron chi connectivity index (χ3n) is 4.73. The van der Waals surface area contributed by atoms with E-state index < -0.39 is 0 Å². The number of carbonyl (C=O) groups is 1. The lowest BCUT2D eigenvalue weighted by Crippen LogP contribution is -2.39. The number of benzene rings is 2. The molecule has 1 aliphatic rings. The summed E-state index contributed by atoms with van der Waals surface area (Å²) in [7, 11) is 0. The van der Waals surface area contributed by atoms with Crippen LogP contribution in [0.5, 0.6) is 0 Å². The van der Waals surface area contributed by atoms with E-state index in [9.17, 15) is 4.79 Å². The molecule has 1 fully saturated rings. The van der Waals surface area contributed by atoms with Crippen LogP contribution in [0.3, 0.4) is 0 Å². The third-order valence-corrected chi connectivity index (χ3v) is 5.53. The first-order chi connectivity index (χ1) is 13.0. The Balaban J connectivity index is 1.40. The first-order valence-electron chi connectivity index (χ1n) is 8.96. The van der Waals surface area contributed by atoms with Crippen molar-refractivity contribution in [3.8, 4) is 0 Å². The molecule has 0 aliphatic carbocycles. The van der Waals surface area contributed by atoms with Crippen LogP contribution in [-0.2, 0) is 6.54 Å². The van der Waals surface area contributed by atoms with Crippen molar-refractivity contribution in [1.29, 1.82) is 0 Å². The van der Waals surface area contributed by atoms with Crippen LogP contribution in [0, 0.1) is 5.92 Å². The number of nitrogens with zero attached hydrogens (tertiary/aromatic N) is 1. The second-order valence-corrected chi connectivity index (χ2v) is 8.09. The Kier molecular flexibility index (Phi) is 7.25. The van der Waals surface area contributed by atoms with Crippen LogP contribution in [0.2, 0.25) is 15.1 Å². The fraction of sp³-hybridized carbons (Fsp3) is 0.350. The molecule has 2 aromatic rings. The monoisotopic (exact) mass is 425 g/mol. The second-order valence-electron chi connectivity index (χ2n) is 6.81. The Labute approximate surface area is 174 Å². The van der Waals surface area contributed by atoms with Gasteiger partial charge >= 0.3 is 6.03 Å². The van der Waals surface area contributed by atoms with Crippen LogP contribution in [0.15, 0.2) is 42.5 Å². The van der Waals surface area contributed by atoms with Gasteiger partial charge in [0.05, 0.1) is 10.7 Å². The van der Waals surface area contributed by atoms with Gasteiger partial charge in [0.2, 0.25) is 0 Å². The number of nitrogens with one attached hydrogen (secondary N) is 2. The molecule has 1 heterocycles. The average Bonchev–Trinajstić information content (AvgIpc) is 2.64. The number of piperidine rings is 1. The van der Waals surface area contributed by atoms with Gasteiger partial charge in [-0.25, -0.2) is 4.79 Å². The molecule has 4 nitrogen and oxygen atoms in total. The summed E-state index contributed by atoms with van der Waals surface area (Å²) in [5.41, 5.74) is 1.75. The number of carbonyl (C=O) groups excluding carboxylic acids is 1. The van der Waals surface area contributed by atoms with Crippen molar-refractivity contribution >= 4 is 46.5 Å². The molecule has 7 heteroatoms. The fourth-order valence-corrected chi connectivity index (χ4v) is 3.79. The number of anilines is 1. The van der Waals surface area contributed by atoms with Gasteiger partial charge in [-0.1, -0.05) is 46.9 Å². The van der Waals surface area contributed by atoms with Gasteiger partial charge in [0.25, 0.3) is 0 Å². The zero-order valence-electron chi connectivity index (χ0n) is 14.9. The summed E-state index contributed by atoms with van der Waals surface area (Å²) < 4.78 is 0. The molecule has 0 saturated carbocycles. The SMILES string of the molecule is O=C(NCC1CCN(Cc2cccc(Cl)c2)CC1)Nc1cc(Cl)ccc1Cl. The van der Waals surface area contributed by atoms with E-state index in [0.29, 0.717) is 28.2 Å². The highest BCUT2D eigenvalue weighted by molar-refractivity contribution is 6.35. The van der Waals surface area contributed by atoms with Crippen molar-refractivity contribution < 1.29 is 4.79 Å². The maximum atomic E-state index is 12.1. The predicted octanol–water partition coefficient (Wildman–Crippen LogP) is 5.68. The van der Waals surface area contributed by atoms with Crippen molar-refractivity contribution in [2.45, 2.75) is 19.4 Å². The minimum absolute atomic E-state index is 0.263. The summed E-state index contributed by atoms with van der Waals surface area (Å²) in [6, 6.07) is 12.7. The highest BCUT2D eigenvalue weighted by Gasteiger charge is 2.20. The van der Waals surface area contributed by atoms with Gasteiger partial charge in [0.15, 0.2) is 0 Å². The van der Waals surface area contributed by atoms with E-state index in [1.54, 1.807) is 18.2 Å². The molecule has 0 aromatic heterocycles. The molecule has 0 radical (unpaired) electrons. The highest BCUT2D eigenvalue weighted by atomic mass is 35.5. The minimum Gasteiger partial charge on any atom is -0.338 e. The van der Waals surface area contributed by atoms with Gasteiger partial charge < -0.3 is 10.6 Å². The molecule has 144 valence electrons.